The third kappa shape index (κ3) is 4.63. The van der Waals surface area contributed by atoms with Gasteiger partial charge in [0, 0.05) is 24.8 Å². The van der Waals surface area contributed by atoms with Crippen LogP contribution in [0.1, 0.15) is 36.5 Å². The first-order valence-electron chi connectivity index (χ1n) is 7.23. The lowest BCUT2D eigenvalue weighted by atomic mass is 10.1. The predicted molar refractivity (Wildman–Crippen MR) is 78.6 cm³/mol. The SMILES string of the molecule is CC(C)Cc1cc(C(=O)NC[C@@H]2C[C@H](F)CN2)nc(N)n1. The van der Waals surface area contributed by atoms with Gasteiger partial charge < -0.3 is 16.4 Å². The fourth-order valence-electron chi connectivity index (χ4n) is 2.39. The largest absolute Gasteiger partial charge is 0.368 e. The highest BCUT2D eigenvalue weighted by Gasteiger charge is 2.24. The number of nitrogens with zero attached hydrogens (tertiary/aromatic N) is 2. The number of nitrogens with one attached hydrogen (secondary N) is 2. The zero-order chi connectivity index (χ0) is 15.4. The van der Waals surface area contributed by atoms with Crippen LogP contribution in [0.5, 0.6) is 0 Å². The average molecular weight is 295 g/mol. The lowest BCUT2D eigenvalue weighted by molar-refractivity contribution is 0.0944. The van der Waals surface area contributed by atoms with Crippen LogP contribution >= 0.6 is 0 Å². The van der Waals surface area contributed by atoms with Crippen molar-refractivity contribution in [2.75, 3.05) is 18.8 Å². The molecule has 1 fully saturated rings. The summed E-state index contributed by atoms with van der Waals surface area (Å²) in [6, 6.07) is 1.63. The van der Waals surface area contributed by atoms with E-state index in [2.05, 4.69) is 34.4 Å². The molecule has 4 N–H and O–H groups in total. The summed E-state index contributed by atoms with van der Waals surface area (Å²) in [7, 11) is 0. The van der Waals surface area contributed by atoms with Crippen molar-refractivity contribution in [1.82, 2.24) is 20.6 Å². The van der Waals surface area contributed by atoms with Crippen molar-refractivity contribution in [2.45, 2.75) is 38.9 Å². The molecule has 116 valence electrons. The van der Waals surface area contributed by atoms with Crippen molar-refractivity contribution in [3.8, 4) is 0 Å². The minimum Gasteiger partial charge on any atom is -0.368 e. The summed E-state index contributed by atoms with van der Waals surface area (Å²) in [5.41, 5.74) is 6.66. The third-order valence-corrected chi connectivity index (χ3v) is 3.32. The van der Waals surface area contributed by atoms with Crippen molar-refractivity contribution in [1.29, 1.82) is 0 Å². The molecule has 2 rings (SSSR count). The Balaban J connectivity index is 1.96. The van der Waals surface area contributed by atoms with Crippen LogP contribution < -0.4 is 16.4 Å². The number of nitrogen functional groups attached to an aromatic ring is 1. The minimum atomic E-state index is -0.834. The van der Waals surface area contributed by atoms with E-state index in [1.165, 1.54) is 0 Å². The van der Waals surface area contributed by atoms with Crippen LogP contribution in [0.4, 0.5) is 10.3 Å². The van der Waals surface area contributed by atoms with E-state index in [9.17, 15) is 9.18 Å². The van der Waals surface area contributed by atoms with Crippen molar-refractivity contribution >= 4 is 11.9 Å². The second kappa shape index (κ2) is 6.80. The number of alkyl halides is 1. The van der Waals surface area contributed by atoms with E-state index in [1.807, 2.05) is 0 Å². The van der Waals surface area contributed by atoms with Crippen LogP contribution in [0, 0.1) is 5.92 Å². The summed E-state index contributed by atoms with van der Waals surface area (Å²) in [6.45, 7) is 4.86. The summed E-state index contributed by atoms with van der Waals surface area (Å²) >= 11 is 0. The van der Waals surface area contributed by atoms with Gasteiger partial charge in [-0.2, -0.15) is 0 Å². The standard InChI is InChI=1S/C14H22FN5O/c1-8(2)3-10-5-12(20-14(16)19-10)13(21)18-7-11-4-9(15)6-17-11/h5,8-9,11,17H,3-4,6-7H2,1-2H3,(H,18,21)(H2,16,19,20)/t9-,11-/m0/s1. The maximum Gasteiger partial charge on any atom is 0.270 e. The van der Waals surface area contributed by atoms with Gasteiger partial charge in [0.05, 0.1) is 0 Å². The molecule has 1 saturated heterocycles. The van der Waals surface area contributed by atoms with Gasteiger partial charge in [-0.15, -0.1) is 0 Å². The second-order valence-electron chi connectivity index (χ2n) is 5.85. The zero-order valence-corrected chi connectivity index (χ0v) is 12.4. The number of hydrogen-bond acceptors (Lipinski definition) is 5. The Labute approximate surface area is 123 Å². The van der Waals surface area contributed by atoms with E-state index < -0.39 is 6.17 Å². The Bertz CT molecular complexity index is 508. The number of carbonyl (C=O) groups is 1. The molecule has 6 nitrogen and oxygen atoms in total. The Morgan fingerprint density at radius 2 is 2.33 bits per heavy atom. The molecule has 1 amide bonds. The number of halogens is 1. The fourth-order valence-corrected chi connectivity index (χ4v) is 2.39. The summed E-state index contributed by atoms with van der Waals surface area (Å²) in [4.78, 5) is 20.2. The molecule has 1 aromatic heterocycles. The molecule has 0 radical (unpaired) electrons. The molecule has 7 heteroatoms. The summed E-state index contributed by atoms with van der Waals surface area (Å²) in [5, 5.41) is 5.77. The molecule has 0 unspecified atom stereocenters. The molecular weight excluding hydrogens is 273 g/mol. The molecule has 0 aromatic carbocycles. The molecule has 2 heterocycles. The zero-order valence-electron chi connectivity index (χ0n) is 12.4. The van der Waals surface area contributed by atoms with Gasteiger partial charge in [-0.3, -0.25) is 4.79 Å². The summed E-state index contributed by atoms with van der Waals surface area (Å²) in [6.07, 6.45) is 0.324. The van der Waals surface area contributed by atoms with Crippen LogP contribution in [0.3, 0.4) is 0 Å². The number of hydrogen-bond donors (Lipinski definition) is 3. The predicted octanol–water partition coefficient (Wildman–Crippen LogP) is 0.687. The monoisotopic (exact) mass is 295 g/mol. The topological polar surface area (TPSA) is 92.9 Å². The van der Waals surface area contributed by atoms with E-state index >= 15 is 0 Å². The second-order valence-corrected chi connectivity index (χ2v) is 5.85. The first kappa shape index (κ1) is 15.6. The summed E-state index contributed by atoms with van der Waals surface area (Å²) < 4.78 is 13.0. The van der Waals surface area contributed by atoms with E-state index in [4.69, 9.17) is 5.73 Å². The van der Waals surface area contributed by atoms with E-state index in [1.54, 1.807) is 6.07 Å². The summed E-state index contributed by atoms with van der Waals surface area (Å²) in [5.74, 6) is 0.207. The van der Waals surface area contributed by atoms with Crippen molar-refractivity contribution in [2.24, 2.45) is 5.92 Å². The Hall–Kier alpha value is -1.76. The van der Waals surface area contributed by atoms with Crippen molar-refractivity contribution in [3.63, 3.8) is 0 Å². The number of rotatable bonds is 5. The fraction of sp³-hybridized carbons (Fsp3) is 0.643. The maximum atomic E-state index is 13.0. The van der Waals surface area contributed by atoms with Gasteiger partial charge in [0.1, 0.15) is 11.9 Å². The molecule has 1 aliphatic heterocycles. The molecule has 0 aliphatic carbocycles. The smallest absolute Gasteiger partial charge is 0.270 e. The van der Waals surface area contributed by atoms with Gasteiger partial charge in [-0.1, -0.05) is 13.8 Å². The normalized spacial score (nSPS) is 21.7. The number of nitrogens with two attached hydrogens (primary N) is 1. The van der Waals surface area contributed by atoms with Gasteiger partial charge in [-0.25, -0.2) is 14.4 Å². The van der Waals surface area contributed by atoms with E-state index in [0.29, 0.717) is 25.4 Å². The van der Waals surface area contributed by atoms with E-state index in [0.717, 1.165) is 12.1 Å². The van der Waals surface area contributed by atoms with Crippen LogP contribution in [-0.4, -0.2) is 41.2 Å². The van der Waals surface area contributed by atoms with Gasteiger partial charge in [0.15, 0.2) is 0 Å². The van der Waals surface area contributed by atoms with Gasteiger partial charge in [0.25, 0.3) is 5.91 Å². The Kier molecular flexibility index (Phi) is 5.06. The molecule has 0 spiro atoms. The van der Waals surface area contributed by atoms with Crippen LogP contribution in [0.25, 0.3) is 0 Å². The molecule has 1 aromatic rings. The molecule has 2 atom stereocenters. The van der Waals surface area contributed by atoms with Crippen molar-refractivity contribution < 1.29 is 9.18 Å². The lowest BCUT2D eigenvalue weighted by Crippen LogP contribution is -2.37. The third-order valence-electron chi connectivity index (χ3n) is 3.32. The van der Waals surface area contributed by atoms with Gasteiger partial charge in [0.2, 0.25) is 5.95 Å². The molecule has 1 aliphatic rings. The molecule has 0 bridgehead atoms. The Morgan fingerprint density at radius 3 is 2.95 bits per heavy atom. The lowest BCUT2D eigenvalue weighted by Gasteiger charge is -2.12. The van der Waals surface area contributed by atoms with Crippen LogP contribution in [-0.2, 0) is 6.42 Å². The van der Waals surface area contributed by atoms with Gasteiger partial charge in [-0.05, 0) is 24.8 Å². The van der Waals surface area contributed by atoms with Crippen LogP contribution in [0.2, 0.25) is 0 Å². The number of anilines is 1. The average Bonchev–Trinajstić information content (AvgIpc) is 2.80. The molecule has 0 saturated carbocycles. The quantitative estimate of drug-likeness (QED) is 0.743. The minimum absolute atomic E-state index is 0.0294. The van der Waals surface area contributed by atoms with Gasteiger partial charge >= 0.3 is 0 Å². The molecule has 21 heavy (non-hydrogen) atoms. The highest BCUT2D eigenvalue weighted by Crippen LogP contribution is 2.10. The van der Waals surface area contributed by atoms with Crippen molar-refractivity contribution in [3.05, 3.63) is 17.5 Å². The number of amides is 1. The number of carbonyl (C=O) groups excluding carboxylic acids is 1. The number of aromatic nitrogens is 2. The van der Waals surface area contributed by atoms with E-state index in [-0.39, 0.29) is 23.6 Å². The molecular formula is C14H22FN5O. The Morgan fingerprint density at radius 1 is 1.57 bits per heavy atom. The highest BCUT2D eigenvalue weighted by molar-refractivity contribution is 5.92. The first-order valence-corrected chi connectivity index (χ1v) is 7.23. The highest BCUT2D eigenvalue weighted by atomic mass is 19.1. The first-order chi connectivity index (χ1) is 9.94. The van der Waals surface area contributed by atoms with Crippen LogP contribution in [0.15, 0.2) is 6.07 Å². The maximum absolute atomic E-state index is 13.0.